The Labute approximate surface area is 151 Å². The van der Waals surface area contributed by atoms with E-state index in [0.29, 0.717) is 12.4 Å². The minimum atomic E-state index is -0.472. The minimum absolute atomic E-state index is 0. The topological polar surface area (TPSA) is 117 Å². The van der Waals surface area contributed by atoms with E-state index in [-0.39, 0.29) is 23.8 Å². The average Bonchev–Trinajstić information content (AvgIpc) is 2.48. The van der Waals surface area contributed by atoms with Crippen molar-refractivity contribution in [2.45, 2.75) is 0 Å². The van der Waals surface area contributed by atoms with Crippen molar-refractivity contribution in [3.8, 4) is 17.2 Å². The third-order valence-corrected chi connectivity index (χ3v) is 2.95. The Morgan fingerprint density at radius 1 is 0.913 bits per heavy atom. The summed E-state index contributed by atoms with van der Waals surface area (Å²) in [5.41, 5.74) is 3.02. The minimum Gasteiger partial charge on any atom is -0.693 e. The molecular weight excluding hydrogens is 522 g/mol. The molecule has 1 heterocycles. The summed E-state index contributed by atoms with van der Waals surface area (Å²) in [4.78, 5) is 0. The van der Waals surface area contributed by atoms with Gasteiger partial charge in [0.15, 0.2) is 0 Å². The molecule has 0 atom stereocenters. The smallest absolute Gasteiger partial charge is 0.693 e. The first kappa shape index (κ1) is 21.8. The number of hydrogen-bond donors (Lipinski definition) is 2. The normalized spacial score (nSPS) is 11.5. The SMILES string of the molecule is Oc1ccc(C2=Cc3ccc(O)cc3OC2)cc1.[Cl][Pt+2][Cl].[NH2-].[NH2-]. The number of phenolic OH excluding ortho intramolecular Hbond substituents is 2. The van der Waals surface area contributed by atoms with Crippen molar-refractivity contribution in [1.29, 1.82) is 0 Å². The van der Waals surface area contributed by atoms with Gasteiger partial charge < -0.3 is 27.3 Å². The number of aromatic hydroxyl groups is 2. The number of phenols is 2. The van der Waals surface area contributed by atoms with Crippen molar-refractivity contribution in [1.82, 2.24) is 0 Å². The van der Waals surface area contributed by atoms with Crippen molar-refractivity contribution in [2.75, 3.05) is 6.61 Å². The number of halogens is 2. The molecule has 1 aliphatic heterocycles. The molecule has 0 radical (unpaired) electrons. The Morgan fingerprint density at radius 2 is 1.48 bits per heavy atom. The maximum absolute atomic E-state index is 9.37. The number of hydrogen-bond acceptors (Lipinski definition) is 3. The predicted octanol–water partition coefficient (Wildman–Crippen LogP) is 5.84. The molecule has 0 bridgehead atoms. The van der Waals surface area contributed by atoms with Crippen molar-refractivity contribution < 1.29 is 31.4 Å². The van der Waals surface area contributed by atoms with Gasteiger partial charge in [-0.1, -0.05) is 12.1 Å². The van der Waals surface area contributed by atoms with E-state index in [4.69, 9.17) is 23.6 Å². The van der Waals surface area contributed by atoms with Crippen LogP contribution in [0.25, 0.3) is 24.0 Å². The van der Waals surface area contributed by atoms with Crippen LogP contribution in [0.5, 0.6) is 17.2 Å². The number of nitrogens with two attached hydrogens (primary N) is 2. The molecule has 5 nitrogen and oxygen atoms in total. The van der Waals surface area contributed by atoms with Gasteiger partial charge in [-0.2, -0.15) is 0 Å². The van der Waals surface area contributed by atoms with Gasteiger partial charge in [-0.3, -0.25) is 0 Å². The zero-order chi connectivity index (χ0) is 15.2. The first-order valence-corrected chi connectivity index (χ1v) is 11.6. The summed E-state index contributed by atoms with van der Waals surface area (Å²) < 4.78 is 5.61. The molecule has 2 aromatic carbocycles. The van der Waals surface area contributed by atoms with Gasteiger partial charge in [0.2, 0.25) is 0 Å². The molecule has 3 rings (SSSR count). The van der Waals surface area contributed by atoms with Crippen LogP contribution in [0, 0.1) is 0 Å². The third kappa shape index (κ3) is 6.05. The Hall–Kier alpha value is -1.23. The molecule has 0 aliphatic carbocycles. The molecule has 0 saturated carbocycles. The van der Waals surface area contributed by atoms with Gasteiger partial charge in [0.05, 0.1) is 0 Å². The molecule has 8 heteroatoms. The van der Waals surface area contributed by atoms with Gasteiger partial charge >= 0.3 is 35.3 Å². The first-order chi connectivity index (χ1) is 10.1. The number of fused-ring (bicyclic) bond motifs is 1. The Bertz CT molecular complexity index is 652. The molecule has 1 aliphatic rings. The quantitative estimate of drug-likeness (QED) is 0.475. The zero-order valence-electron chi connectivity index (χ0n) is 11.9. The third-order valence-electron chi connectivity index (χ3n) is 2.95. The molecule has 0 fully saturated rings. The summed E-state index contributed by atoms with van der Waals surface area (Å²) in [7, 11) is 9.75. The van der Waals surface area contributed by atoms with E-state index < -0.39 is 16.5 Å². The van der Waals surface area contributed by atoms with Crippen LogP contribution in [0.15, 0.2) is 42.5 Å². The van der Waals surface area contributed by atoms with Gasteiger partial charge in [0, 0.05) is 11.6 Å². The van der Waals surface area contributed by atoms with E-state index >= 15 is 0 Å². The molecule has 0 unspecified atom stereocenters. The van der Waals surface area contributed by atoms with Crippen molar-refractivity contribution in [3.63, 3.8) is 0 Å². The Morgan fingerprint density at radius 3 is 2.09 bits per heavy atom. The zero-order valence-corrected chi connectivity index (χ0v) is 15.6. The van der Waals surface area contributed by atoms with Crippen LogP contribution >= 0.6 is 18.8 Å². The summed E-state index contributed by atoms with van der Waals surface area (Å²) in [6.45, 7) is 0.460. The molecule has 2 aromatic rings. The van der Waals surface area contributed by atoms with E-state index in [1.54, 1.807) is 24.3 Å². The summed E-state index contributed by atoms with van der Waals surface area (Å²) in [5.74, 6) is 1.15. The van der Waals surface area contributed by atoms with E-state index in [2.05, 4.69) is 0 Å². The second kappa shape index (κ2) is 10.5. The fraction of sp³-hybridized carbons (Fsp3) is 0.0667. The summed E-state index contributed by atoms with van der Waals surface area (Å²) in [6, 6.07) is 12.1. The van der Waals surface area contributed by atoms with Gasteiger partial charge in [0.25, 0.3) is 0 Å². The van der Waals surface area contributed by atoms with Crippen molar-refractivity contribution in [3.05, 3.63) is 65.9 Å². The largest absolute Gasteiger partial charge is 0.693 e. The number of benzene rings is 2. The summed E-state index contributed by atoms with van der Waals surface area (Å²) in [5, 5.41) is 18.6. The summed E-state index contributed by atoms with van der Waals surface area (Å²) in [6.07, 6.45) is 2.03. The van der Waals surface area contributed by atoms with E-state index in [9.17, 15) is 10.2 Å². The second-order valence-corrected chi connectivity index (χ2v) is 7.56. The van der Waals surface area contributed by atoms with Gasteiger partial charge in [0.1, 0.15) is 23.9 Å². The van der Waals surface area contributed by atoms with Crippen LogP contribution in [0.1, 0.15) is 11.1 Å². The molecule has 0 amide bonds. The van der Waals surface area contributed by atoms with Crippen molar-refractivity contribution >= 4 is 30.5 Å². The van der Waals surface area contributed by atoms with E-state index in [1.807, 2.05) is 24.3 Å². The van der Waals surface area contributed by atoms with Crippen LogP contribution in [0.3, 0.4) is 0 Å². The number of rotatable bonds is 1. The number of ether oxygens (including phenoxy) is 1. The molecule has 6 N–H and O–H groups in total. The van der Waals surface area contributed by atoms with Crippen molar-refractivity contribution in [2.24, 2.45) is 0 Å². The van der Waals surface area contributed by atoms with Crippen LogP contribution in [-0.4, -0.2) is 16.8 Å². The monoisotopic (exact) mass is 537 g/mol. The maximum Gasteiger partial charge on any atom is -0.693 e. The van der Waals surface area contributed by atoms with Crippen LogP contribution in [0.2, 0.25) is 0 Å². The van der Waals surface area contributed by atoms with E-state index in [0.717, 1.165) is 16.7 Å². The standard InChI is InChI=1S/C15H12O3.2ClH.2H2N.Pt/c16-13-4-1-10(2-5-13)12-7-11-3-6-14(17)8-15(11)18-9-12;;;;;/h1-8,16-17H,9H2;2*1H;2*1H2;/q;;;2*-1;+4/p-2. The van der Waals surface area contributed by atoms with Crippen LogP contribution in [-0.2, 0) is 16.5 Å². The van der Waals surface area contributed by atoms with Crippen LogP contribution < -0.4 is 4.74 Å². The second-order valence-electron chi connectivity index (χ2n) is 4.27. The average molecular weight is 538 g/mol. The Kier molecular flexibility index (Phi) is 9.96. The van der Waals surface area contributed by atoms with Gasteiger partial charge in [-0.05, 0) is 41.5 Å². The maximum atomic E-state index is 9.37. The molecule has 23 heavy (non-hydrogen) atoms. The molecule has 0 saturated heterocycles. The van der Waals surface area contributed by atoms with Gasteiger partial charge in [-0.15, -0.1) is 0 Å². The molecule has 0 aromatic heterocycles. The van der Waals surface area contributed by atoms with Gasteiger partial charge in [-0.25, -0.2) is 0 Å². The molecular formula is C15H16Cl2N2O3Pt. The van der Waals surface area contributed by atoms with Crippen LogP contribution in [0.4, 0.5) is 0 Å². The fourth-order valence-corrected chi connectivity index (χ4v) is 1.99. The first-order valence-electron chi connectivity index (χ1n) is 5.92. The predicted molar refractivity (Wildman–Crippen MR) is 91.9 cm³/mol. The summed E-state index contributed by atoms with van der Waals surface area (Å²) >= 11 is -0.472. The molecule has 128 valence electrons. The fourth-order valence-electron chi connectivity index (χ4n) is 1.99. The molecule has 0 spiro atoms. The van der Waals surface area contributed by atoms with E-state index in [1.165, 1.54) is 0 Å². The Balaban J connectivity index is 0.000000902.